The second-order valence-corrected chi connectivity index (χ2v) is 8.66. The highest BCUT2D eigenvalue weighted by molar-refractivity contribution is 7.11. The van der Waals surface area contributed by atoms with Gasteiger partial charge in [-0.2, -0.15) is 0 Å². The number of benzene rings is 3. The summed E-state index contributed by atoms with van der Waals surface area (Å²) in [5.41, 5.74) is 3.54. The van der Waals surface area contributed by atoms with Crippen LogP contribution in [0.3, 0.4) is 0 Å². The summed E-state index contributed by atoms with van der Waals surface area (Å²) in [5, 5.41) is 15.4. The Labute approximate surface area is 184 Å². The third-order valence-electron chi connectivity index (χ3n) is 5.24. The molecule has 2 N–H and O–H groups in total. The molecule has 6 heteroatoms. The molecular formula is C25H22N2O3S. The van der Waals surface area contributed by atoms with Gasteiger partial charge in [-0.25, -0.2) is 9.78 Å². The predicted octanol–water partition coefficient (Wildman–Crippen LogP) is 5.38. The van der Waals surface area contributed by atoms with Gasteiger partial charge in [0.15, 0.2) is 0 Å². The highest BCUT2D eigenvalue weighted by Crippen LogP contribution is 2.26. The van der Waals surface area contributed by atoms with E-state index in [1.807, 2.05) is 26.0 Å². The van der Waals surface area contributed by atoms with Crippen LogP contribution < -0.4 is 5.32 Å². The highest BCUT2D eigenvalue weighted by atomic mass is 32.1. The molecule has 0 saturated heterocycles. The fraction of sp³-hybridized carbons (Fsp3) is 0.160. The summed E-state index contributed by atoms with van der Waals surface area (Å²) in [5.74, 6) is -1.21. The summed E-state index contributed by atoms with van der Waals surface area (Å²) >= 11 is 1.55. The number of thiazole rings is 1. The number of carbonyl (C=O) groups is 2. The van der Waals surface area contributed by atoms with Gasteiger partial charge in [-0.1, -0.05) is 48.5 Å². The van der Waals surface area contributed by atoms with Gasteiger partial charge in [0.05, 0.1) is 22.7 Å². The molecule has 4 aromatic rings. The minimum Gasteiger partial charge on any atom is -0.478 e. The lowest BCUT2D eigenvalue weighted by molar-refractivity contribution is -0.115. The standard InChI is InChI=1S/C25H22N2O3S/c1-15-10-11-19(25(29)30)12-21(15)27-23(28)14-22-16(2)26-24(31-22)13-18-8-5-7-17-6-3-4-9-20(17)18/h3-12H,13-14H2,1-2H3,(H,27,28)(H,29,30). The van der Waals surface area contributed by atoms with Gasteiger partial charge in [-0.15, -0.1) is 11.3 Å². The molecule has 4 rings (SSSR count). The first kappa shape index (κ1) is 20.8. The third kappa shape index (κ3) is 4.64. The Kier molecular flexibility index (Phi) is 5.82. The number of rotatable bonds is 6. The number of carboxylic acids is 1. The number of aryl methyl sites for hydroxylation is 2. The number of fused-ring (bicyclic) bond motifs is 1. The number of carbonyl (C=O) groups excluding carboxylic acids is 1. The smallest absolute Gasteiger partial charge is 0.335 e. The van der Waals surface area contributed by atoms with E-state index in [-0.39, 0.29) is 17.9 Å². The van der Waals surface area contributed by atoms with Gasteiger partial charge >= 0.3 is 5.97 Å². The van der Waals surface area contributed by atoms with Crippen molar-refractivity contribution in [1.82, 2.24) is 4.98 Å². The molecule has 1 amide bonds. The van der Waals surface area contributed by atoms with Gasteiger partial charge in [0.2, 0.25) is 5.91 Å². The Bertz CT molecular complexity index is 1290. The Morgan fingerprint density at radius 1 is 1.03 bits per heavy atom. The van der Waals surface area contributed by atoms with Gasteiger partial charge < -0.3 is 10.4 Å². The van der Waals surface area contributed by atoms with Crippen LogP contribution in [0.4, 0.5) is 5.69 Å². The van der Waals surface area contributed by atoms with Crippen LogP contribution in [-0.2, 0) is 17.6 Å². The molecular weight excluding hydrogens is 408 g/mol. The summed E-state index contributed by atoms with van der Waals surface area (Å²) in [6.07, 6.45) is 0.921. The van der Waals surface area contributed by atoms with Crippen LogP contribution in [0.2, 0.25) is 0 Å². The molecule has 0 atom stereocenters. The zero-order chi connectivity index (χ0) is 22.0. The second kappa shape index (κ2) is 8.70. The third-order valence-corrected chi connectivity index (χ3v) is 6.40. The lowest BCUT2D eigenvalue weighted by Crippen LogP contribution is -2.15. The van der Waals surface area contributed by atoms with Gasteiger partial charge in [0, 0.05) is 17.0 Å². The molecule has 0 aliphatic heterocycles. The Morgan fingerprint density at radius 2 is 1.81 bits per heavy atom. The van der Waals surface area contributed by atoms with E-state index in [1.54, 1.807) is 17.4 Å². The first-order valence-electron chi connectivity index (χ1n) is 9.96. The van der Waals surface area contributed by atoms with Gasteiger partial charge in [0.1, 0.15) is 0 Å². The van der Waals surface area contributed by atoms with Crippen LogP contribution >= 0.6 is 11.3 Å². The summed E-state index contributed by atoms with van der Waals surface area (Å²) in [6.45, 7) is 3.75. The minimum atomic E-state index is -1.02. The molecule has 31 heavy (non-hydrogen) atoms. The van der Waals surface area contributed by atoms with Crippen molar-refractivity contribution < 1.29 is 14.7 Å². The van der Waals surface area contributed by atoms with Crippen molar-refractivity contribution in [3.05, 3.63) is 92.9 Å². The van der Waals surface area contributed by atoms with Crippen LogP contribution in [0.5, 0.6) is 0 Å². The van der Waals surface area contributed by atoms with Crippen LogP contribution in [0.25, 0.3) is 10.8 Å². The van der Waals surface area contributed by atoms with Crippen LogP contribution in [0.15, 0.2) is 60.7 Å². The van der Waals surface area contributed by atoms with Crippen molar-refractivity contribution in [2.24, 2.45) is 0 Å². The summed E-state index contributed by atoms with van der Waals surface area (Å²) in [7, 11) is 0. The van der Waals surface area contributed by atoms with E-state index in [9.17, 15) is 14.7 Å². The maximum atomic E-state index is 12.6. The monoisotopic (exact) mass is 430 g/mol. The number of anilines is 1. The Hall–Kier alpha value is -3.51. The number of nitrogens with zero attached hydrogens (tertiary/aromatic N) is 1. The molecule has 5 nitrogen and oxygen atoms in total. The zero-order valence-electron chi connectivity index (χ0n) is 17.3. The molecule has 0 aliphatic rings. The van der Waals surface area contributed by atoms with Crippen LogP contribution in [-0.4, -0.2) is 22.0 Å². The van der Waals surface area contributed by atoms with E-state index in [1.165, 1.54) is 28.5 Å². The molecule has 0 bridgehead atoms. The molecule has 1 heterocycles. The van der Waals surface area contributed by atoms with E-state index in [2.05, 4.69) is 40.6 Å². The van der Waals surface area contributed by atoms with E-state index < -0.39 is 5.97 Å². The molecule has 0 fully saturated rings. The first-order chi connectivity index (χ1) is 14.9. The lowest BCUT2D eigenvalue weighted by Gasteiger charge is -2.09. The quantitative estimate of drug-likeness (QED) is 0.430. The maximum Gasteiger partial charge on any atom is 0.335 e. The van der Waals surface area contributed by atoms with Crippen LogP contribution in [0, 0.1) is 13.8 Å². The fourth-order valence-electron chi connectivity index (χ4n) is 3.57. The average molecular weight is 431 g/mol. The molecule has 0 spiro atoms. The Morgan fingerprint density at radius 3 is 2.61 bits per heavy atom. The van der Waals surface area contributed by atoms with Gasteiger partial charge in [0.25, 0.3) is 0 Å². The SMILES string of the molecule is Cc1ccc(C(=O)O)cc1NC(=O)Cc1sc(Cc2cccc3ccccc23)nc1C. The van der Waals surface area contributed by atoms with E-state index >= 15 is 0 Å². The van der Waals surface area contributed by atoms with E-state index in [0.717, 1.165) is 21.1 Å². The van der Waals surface area contributed by atoms with Crippen molar-refractivity contribution in [1.29, 1.82) is 0 Å². The summed E-state index contributed by atoms with van der Waals surface area (Å²) < 4.78 is 0. The minimum absolute atomic E-state index is 0.146. The number of amides is 1. The van der Waals surface area contributed by atoms with Crippen molar-refractivity contribution in [3.8, 4) is 0 Å². The Balaban J connectivity index is 1.50. The van der Waals surface area contributed by atoms with Crippen LogP contribution in [0.1, 0.15) is 37.1 Å². The van der Waals surface area contributed by atoms with E-state index in [4.69, 9.17) is 0 Å². The number of carboxylic acid groups (broad SMARTS) is 1. The van der Waals surface area contributed by atoms with Crippen molar-refractivity contribution in [3.63, 3.8) is 0 Å². The molecule has 156 valence electrons. The largest absolute Gasteiger partial charge is 0.478 e. The van der Waals surface area contributed by atoms with Crippen molar-refractivity contribution in [2.45, 2.75) is 26.7 Å². The maximum absolute atomic E-state index is 12.6. The predicted molar refractivity (Wildman–Crippen MR) is 124 cm³/mol. The first-order valence-corrected chi connectivity index (χ1v) is 10.8. The molecule has 1 aromatic heterocycles. The van der Waals surface area contributed by atoms with E-state index in [0.29, 0.717) is 12.1 Å². The number of hydrogen-bond donors (Lipinski definition) is 2. The average Bonchev–Trinajstić information content (AvgIpc) is 3.08. The number of aromatic nitrogens is 1. The molecule has 0 saturated carbocycles. The number of hydrogen-bond acceptors (Lipinski definition) is 4. The van der Waals surface area contributed by atoms with Crippen molar-refractivity contribution >= 4 is 39.7 Å². The fourth-order valence-corrected chi connectivity index (χ4v) is 4.66. The van der Waals surface area contributed by atoms with Crippen molar-refractivity contribution in [2.75, 3.05) is 5.32 Å². The molecule has 3 aromatic carbocycles. The number of nitrogens with one attached hydrogen (secondary N) is 1. The zero-order valence-corrected chi connectivity index (χ0v) is 18.1. The molecule has 0 unspecified atom stereocenters. The topological polar surface area (TPSA) is 79.3 Å². The molecule has 0 radical (unpaired) electrons. The number of aromatic carboxylic acids is 1. The normalized spacial score (nSPS) is 10.9. The lowest BCUT2D eigenvalue weighted by atomic mass is 10.0. The highest BCUT2D eigenvalue weighted by Gasteiger charge is 2.15. The van der Waals surface area contributed by atoms with Gasteiger partial charge in [-0.05, 0) is 47.9 Å². The van der Waals surface area contributed by atoms with Gasteiger partial charge in [-0.3, -0.25) is 4.79 Å². The summed E-state index contributed by atoms with van der Waals surface area (Å²) in [4.78, 5) is 29.4. The summed E-state index contributed by atoms with van der Waals surface area (Å²) in [6, 6.07) is 19.3. The second-order valence-electron chi connectivity index (χ2n) is 7.49. The molecule has 0 aliphatic carbocycles.